The van der Waals surface area contributed by atoms with Crippen LogP contribution in [0.1, 0.15) is 18.1 Å². The Kier molecular flexibility index (Phi) is 4.56. The van der Waals surface area contributed by atoms with Crippen molar-refractivity contribution in [3.63, 3.8) is 0 Å². The Bertz CT molecular complexity index is 1160. The van der Waals surface area contributed by atoms with Crippen molar-refractivity contribution in [2.75, 3.05) is 0 Å². The third kappa shape index (κ3) is 3.88. The van der Waals surface area contributed by atoms with Crippen molar-refractivity contribution in [2.24, 2.45) is 0 Å². The lowest BCUT2D eigenvalue weighted by Crippen LogP contribution is -2.37. The van der Waals surface area contributed by atoms with Gasteiger partial charge in [0.15, 0.2) is 0 Å². The van der Waals surface area contributed by atoms with Crippen LogP contribution < -0.4 is 4.74 Å². The van der Waals surface area contributed by atoms with E-state index in [-0.39, 0.29) is 12.2 Å². The number of hydrogen-bond acceptors (Lipinski definition) is 5. The zero-order valence-electron chi connectivity index (χ0n) is 15.6. The van der Waals surface area contributed by atoms with E-state index in [0.29, 0.717) is 22.6 Å². The molecule has 4 rings (SSSR count). The van der Waals surface area contributed by atoms with Crippen LogP contribution in [0.2, 0.25) is 0 Å². The highest BCUT2D eigenvalue weighted by atomic mass is 19.4. The van der Waals surface area contributed by atoms with Crippen LogP contribution >= 0.6 is 0 Å². The molecule has 0 saturated heterocycles. The predicted molar refractivity (Wildman–Crippen MR) is 102 cm³/mol. The number of nitro groups is 1. The summed E-state index contributed by atoms with van der Waals surface area (Å²) >= 11 is 0. The molecule has 0 bridgehead atoms. The van der Waals surface area contributed by atoms with Gasteiger partial charge in [-0.1, -0.05) is 23.4 Å². The molecule has 0 N–H and O–H groups in total. The van der Waals surface area contributed by atoms with Gasteiger partial charge in [-0.2, -0.15) is 13.2 Å². The van der Waals surface area contributed by atoms with Crippen LogP contribution in [0.3, 0.4) is 0 Å². The summed E-state index contributed by atoms with van der Waals surface area (Å²) in [5.41, 5.74) is -0.412. The molecule has 0 saturated carbocycles. The molecule has 30 heavy (non-hydrogen) atoms. The van der Waals surface area contributed by atoms with E-state index in [1.54, 1.807) is 25.3 Å². The lowest BCUT2D eigenvalue weighted by atomic mass is 10.00. The average Bonchev–Trinajstić information content (AvgIpc) is 3.15. The fraction of sp³-hybridized carbons (Fsp3) is 0.200. The minimum Gasteiger partial charge on any atom is -0.481 e. The minimum absolute atomic E-state index is 0.0346. The molecule has 1 aliphatic rings. The lowest BCUT2D eigenvalue weighted by molar-refractivity contribution is -0.384. The van der Waals surface area contributed by atoms with E-state index in [9.17, 15) is 23.3 Å². The van der Waals surface area contributed by atoms with E-state index >= 15 is 0 Å². The maximum atomic E-state index is 12.9. The Morgan fingerprint density at radius 3 is 2.77 bits per heavy atom. The summed E-state index contributed by atoms with van der Waals surface area (Å²) in [6.07, 6.45) is 0.590. The third-order valence-electron chi connectivity index (χ3n) is 4.66. The Balaban J connectivity index is 1.54. The van der Waals surface area contributed by atoms with Gasteiger partial charge in [-0.3, -0.25) is 10.1 Å². The number of halogens is 3. The van der Waals surface area contributed by atoms with Gasteiger partial charge < -0.3 is 4.74 Å². The summed E-state index contributed by atoms with van der Waals surface area (Å²) in [6.45, 7) is 2.05. The van der Waals surface area contributed by atoms with E-state index in [1.807, 2.05) is 0 Å². The topological polar surface area (TPSA) is 83.1 Å². The number of benzene rings is 2. The Labute approximate surface area is 168 Å². The second kappa shape index (κ2) is 6.97. The van der Waals surface area contributed by atoms with Gasteiger partial charge in [-0.15, -0.1) is 5.10 Å². The molecule has 0 amide bonds. The Morgan fingerprint density at radius 1 is 1.23 bits per heavy atom. The maximum Gasteiger partial charge on any atom is 0.416 e. The smallest absolute Gasteiger partial charge is 0.416 e. The SMILES string of the molecule is CC1(Cn2cc(-c3cccc(C(F)(F)F)c3)nn2)C=Cc2cc([N+](=O)[O-])ccc2O1. The number of alkyl halides is 3. The summed E-state index contributed by atoms with van der Waals surface area (Å²) < 4.78 is 46.3. The molecule has 1 atom stereocenters. The maximum absolute atomic E-state index is 12.9. The second-order valence-electron chi connectivity index (χ2n) is 7.11. The molecule has 1 unspecified atom stereocenters. The van der Waals surface area contributed by atoms with Crippen molar-refractivity contribution in [1.29, 1.82) is 0 Å². The van der Waals surface area contributed by atoms with Crippen molar-refractivity contribution in [2.45, 2.75) is 25.2 Å². The third-order valence-corrected chi connectivity index (χ3v) is 4.66. The molecule has 0 aliphatic carbocycles. The molecule has 2 aromatic carbocycles. The molecule has 1 aromatic heterocycles. The van der Waals surface area contributed by atoms with Gasteiger partial charge in [0.05, 0.1) is 23.2 Å². The lowest BCUT2D eigenvalue weighted by Gasteiger charge is -2.31. The number of ether oxygens (including phenoxy) is 1. The monoisotopic (exact) mass is 416 g/mol. The molecule has 0 fully saturated rings. The van der Waals surface area contributed by atoms with E-state index in [4.69, 9.17) is 4.74 Å². The molecular weight excluding hydrogens is 401 g/mol. The molecule has 0 spiro atoms. The van der Waals surface area contributed by atoms with Gasteiger partial charge in [0.2, 0.25) is 0 Å². The van der Waals surface area contributed by atoms with Crippen molar-refractivity contribution < 1.29 is 22.8 Å². The van der Waals surface area contributed by atoms with Gasteiger partial charge in [-0.05, 0) is 31.2 Å². The highest BCUT2D eigenvalue weighted by molar-refractivity contribution is 5.64. The summed E-state index contributed by atoms with van der Waals surface area (Å²) in [7, 11) is 0. The summed E-state index contributed by atoms with van der Waals surface area (Å²) in [4.78, 5) is 10.4. The first-order valence-electron chi connectivity index (χ1n) is 8.87. The molecule has 3 aromatic rings. The average molecular weight is 416 g/mol. The van der Waals surface area contributed by atoms with E-state index in [2.05, 4.69) is 10.3 Å². The number of non-ortho nitro benzene ring substituents is 1. The van der Waals surface area contributed by atoms with Gasteiger partial charge in [0.25, 0.3) is 5.69 Å². The number of nitro benzene ring substituents is 1. The first kappa shape index (κ1) is 19.6. The number of nitrogens with zero attached hydrogens (tertiary/aromatic N) is 4. The number of hydrogen-bond donors (Lipinski definition) is 0. The Morgan fingerprint density at radius 2 is 2.03 bits per heavy atom. The van der Waals surface area contributed by atoms with E-state index in [0.717, 1.165) is 12.1 Å². The van der Waals surface area contributed by atoms with Crippen molar-refractivity contribution in [3.8, 4) is 17.0 Å². The fourth-order valence-corrected chi connectivity index (χ4v) is 3.19. The molecule has 2 heterocycles. The van der Waals surface area contributed by atoms with Crippen LogP contribution in [-0.2, 0) is 12.7 Å². The van der Waals surface area contributed by atoms with Crippen LogP contribution in [0.15, 0.2) is 54.7 Å². The highest BCUT2D eigenvalue weighted by Crippen LogP contribution is 2.35. The normalized spacial score (nSPS) is 18.0. The first-order chi connectivity index (χ1) is 14.1. The summed E-state index contributed by atoms with van der Waals surface area (Å²) in [5.74, 6) is 0.490. The van der Waals surface area contributed by atoms with Crippen LogP contribution in [0.4, 0.5) is 18.9 Å². The minimum atomic E-state index is -4.44. The van der Waals surface area contributed by atoms with Gasteiger partial charge >= 0.3 is 6.18 Å². The quantitative estimate of drug-likeness (QED) is 0.453. The fourth-order valence-electron chi connectivity index (χ4n) is 3.19. The molecule has 1 aliphatic heterocycles. The van der Waals surface area contributed by atoms with Gasteiger partial charge in [0.1, 0.15) is 17.0 Å². The predicted octanol–water partition coefficient (Wildman–Crippen LogP) is 4.74. The van der Waals surface area contributed by atoms with Gasteiger partial charge in [0, 0.05) is 23.3 Å². The molecule has 7 nitrogen and oxygen atoms in total. The van der Waals surface area contributed by atoms with E-state index in [1.165, 1.54) is 35.0 Å². The van der Waals surface area contributed by atoms with E-state index < -0.39 is 22.3 Å². The van der Waals surface area contributed by atoms with Crippen LogP contribution in [-0.4, -0.2) is 25.5 Å². The highest BCUT2D eigenvalue weighted by Gasteiger charge is 2.31. The standard InChI is InChI=1S/C20H15F3N4O3/c1-19(8-7-14-10-16(27(28)29)5-6-18(14)30-19)12-26-11-17(24-25-26)13-3-2-4-15(9-13)20(21,22)23/h2-11H,12H2,1H3. The van der Waals surface area contributed by atoms with Crippen molar-refractivity contribution in [1.82, 2.24) is 15.0 Å². The first-order valence-corrected chi connectivity index (χ1v) is 8.87. The molecule has 0 radical (unpaired) electrons. The van der Waals surface area contributed by atoms with Crippen LogP contribution in [0.25, 0.3) is 17.3 Å². The number of rotatable bonds is 4. The summed E-state index contributed by atoms with van der Waals surface area (Å²) in [6, 6.07) is 9.19. The zero-order valence-corrected chi connectivity index (χ0v) is 15.6. The summed E-state index contributed by atoms with van der Waals surface area (Å²) in [5, 5.41) is 18.9. The molecule has 10 heteroatoms. The van der Waals surface area contributed by atoms with Crippen molar-refractivity contribution in [3.05, 3.63) is 76.0 Å². The second-order valence-corrected chi connectivity index (χ2v) is 7.11. The number of aromatic nitrogens is 3. The van der Waals surface area contributed by atoms with Crippen LogP contribution in [0, 0.1) is 10.1 Å². The molecule has 154 valence electrons. The number of fused-ring (bicyclic) bond motifs is 1. The molecular formula is C20H15F3N4O3. The van der Waals surface area contributed by atoms with Crippen molar-refractivity contribution >= 4 is 11.8 Å². The Hall–Kier alpha value is -3.69. The largest absolute Gasteiger partial charge is 0.481 e. The van der Waals surface area contributed by atoms with Gasteiger partial charge in [-0.25, -0.2) is 4.68 Å². The van der Waals surface area contributed by atoms with Crippen LogP contribution in [0.5, 0.6) is 5.75 Å². The zero-order chi connectivity index (χ0) is 21.5.